The van der Waals surface area contributed by atoms with Crippen molar-refractivity contribution in [3.05, 3.63) is 10.7 Å². The molecule has 1 aromatic rings. The van der Waals surface area contributed by atoms with E-state index in [0.29, 0.717) is 31.3 Å². The van der Waals surface area contributed by atoms with Gasteiger partial charge in [-0.3, -0.25) is 5.41 Å². The van der Waals surface area contributed by atoms with E-state index in [1.807, 2.05) is 4.90 Å². The van der Waals surface area contributed by atoms with Crippen LogP contribution >= 0.6 is 11.3 Å². The number of ether oxygens (including phenoxy) is 1. The number of nitrogens with zero attached hydrogens (tertiary/aromatic N) is 2. The van der Waals surface area contributed by atoms with Crippen molar-refractivity contribution in [1.82, 2.24) is 4.98 Å². The maximum Gasteiger partial charge on any atom is 0.400 e. The van der Waals surface area contributed by atoms with E-state index in [2.05, 4.69) is 9.82 Å². The Hall–Kier alpha value is -1.39. The molecule has 0 radical (unpaired) electrons. The first-order chi connectivity index (χ1) is 10.2. The molecular formula is C12H17F3N4O2S. The van der Waals surface area contributed by atoms with Gasteiger partial charge in [-0.2, -0.15) is 19.1 Å². The summed E-state index contributed by atoms with van der Waals surface area (Å²) in [4.78, 5) is 10.2. The van der Waals surface area contributed by atoms with Gasteiger partial charge in [-0.15, -0.1) is 0 Å². The molecule has 1 saturated heterocycles. The van der Waals surface area contributed by atoms with Crippen LogP contribution in [0.15, 0.2) is 0 Å². The molecule has 1 aliphatic heterocycles. The second-order valence-corrected chi connectivity index (χ2v) is 6.32. The minimum Gasteiger partial charge on any atom is -0.389 e. The molecule has 0 unspecified atom stereocenters. The fraction of sp³-hybridized carbons (Fsp3) is 0.667. The van der Waals surface area contributed by atoms with Gasteiger partial charge in [0.15, 0.2) is 5.69 Å². The lowest BCUT2D eigenvalue weighted by Gasteiger charge is -2.28. The Labute approximate surface area is 129 Å². The third kappa shape index (κ3) is 3.03. The SMILES string of the molecule is CC(C)(c1nc(C(=N)ON)c(N2CCOCC2)s1)C(F)(F)F. The summed E-state index contributed by atoms with van der Waals surface area (Å²) in [7, 11) is 0. The molecule has 1 aliphatic rings. The average molecular weight is 338 g/mol. The van der Waals surface area contributed by atoms with Crippen LogP contribution in [0.3, 0.4) is 0 Å². The van der Waals surface area contributed by atoms with E-state index in [4.69, 9.17) is 16.0 Å². The second kappa shape index (κ2) is 6.01. The zero-order valence-electron chi connectivity index (χ0n) is 12.2. The van der Waals surface area contributed by atoms with Gasteiger partial charge < -0.3 is 14.5 Å². The van der Waals surface area contributed by atoms with Gasteiger partial charge >= 0.3 is 6.18 Å². The van der Waals surface area contributed by atoms with Crippen LogP contribution in [-0.2, 0) is 15.0 Å². The fourth-order valence-corrected chi connectivity index (χ4v) is 3.12. The number of hydrogen-bond donors (Lipinski definition) is 2. The standard InChI is InChI=1S/C12H17F3N4O2S/c1-11(2,12(13,14)15)10-18-7(8(16)21-17)9(22-10)19-3-5-20-6-4-19/h16H,3-6,17H2,1-2H3. The molecule has 1 fully saturated rings. The summed E-state index contributed by atoms with van der Waals surface area (Å²) in [6.45, 7) is 4.08. The number of alkyl halides is 3. The first-order valence-electron chi connectivity index (χ1n) is 6.55. The molecule has 0 atom stereocenters. The summed E-state index contributed by atoms with van der Waals surface area (Å²) in [5.41, 5.74) is -2.09. The number of hydrogen-bond acceptors (Lipinski definition) is 7. The summed E-state index contributed by atoms with van der Waals surface area (Å²) < 4.78 is 44.9. The second-order valence-electron chi connectivity index (χ2n) is 5.34. The molecule has 2 heterocycles. The lowest BCUT2D eigenvalue weighted by molar-refractivity contribution is -0.180. The van der Waals surface area contributed by atoms with Gasteiger partial charge in [0.2, 0.25) is 0 Å². The highest BCUT2D eigenvalue weighted by molar-refractivity contribution is 7.16. The van der Waals surface area contributed by atoms with Crippen molar-refractivity contribution in [3.8, 4) is 0 Å². The molecule has 0 bridgehead atoms. The Morgan fingerprint density at radius 3 is 2.45 bits per heavy atom. The largest absolute Gasteiger partial charge is 0.400 e. The third-order valence-corrected chi connectivity index (χ3v) is 4.92. The molecule has 0 amide bonds. The van der Waals surface area contributed by atoms with Gasteiger partial charge in [0.1, 0.15) is 15.4 Å². The number of nitrogens with one attached hydrogen (secondary N) is 1. The van der Waals surface area contributed by atoms with E-state index >= 15 is 0 Å². The van der Waals surface area contributed by atoms with Crippen molar-refractivity contribution < 1.29 is 22.7 Å². The minimum absolute atomic E-state index is 0.0294. The van der Waals surface area contributed by atoms with Crippen LogP contribution in [0.25, 0.3) is 0 Å². The van der Waals surface area contributed by atoms with Crippen molar-refractivity contribution in [2.45, 2.75) is 25.4 Å². The highest BCUT2D eigenvalue weighted by Crippen LogP contribution is 2.44. The lowest BCUT2D eigenvalue weighted by atomic mass is 9.94. The summed E-state index contributed by atoms with van der Waals surface area (Å²) in [5, 5.41) is 7.99. The number of thiazole rings is 1. The number of morpholine rings is 1. The van der Waals surface area contributed by atoms with E-state index in [9.17, 15) is 13.2 Å². The molecule has 22 heavy (non-hydrogen) atoms. The van der Waals surface area contributed by atoms with Gasteiger partial charge in [0.25, 0.3) is 5.90 Å². The lowest BCUT2D eigenvalue weighted by Crippen LogP contribution is -2.36. The minimum atomic E-state index is -4.45. The summed E-state index contributed by atoms with van der Waals surface area (Å²) in [5.74, 6) is 4.52. The molecule has 124 valence electrons. The van der Waals surface area contributed by atoms with Crippen molar-refractivity contribution in [2.75, 3.05) is 31.2 Å². The van der Waals surface area contributed by atoms with Crippen molar-refractivity contribution >= 4 is 22.2 Å². The van der Waals surface area contributed by atoms with E-state index < -0.39 is 17.5 Å². The Morgan fingerprint density at radius 2 is 1.95 bits per heavy atom. The number of nitrogens with two attached hydrogens (primary N) is 1. The molecule has 1 aromatic heterocycles. The van der Waals surface area contributed by atoms with Crippen LogP contribution in [-0.4, -0.2) is 43.4 Å². The molecule has 10 heteroatoms. The van der Waals surface area contributed by atoms with Crippen molar-refractivity contribution in [3.63, 3.8) is 0 Å². The summed E-state index contributed by atoms with van der Waals surface area (Å²) in [6, 6.07) is 0. The fourth-order valence-electron chi connectivity index (χ4n) is 1.89. The van der Waals surface area contributed by atoms with Crippen LogP contribution < -0.4 is 10.8 Å². The Bertz CT molecular complexity index is 553. The predicted molar refractivity (Wildman–Crippen MR) is 76.3 cm³/mol. The van der Waals surface area contributed by atoms with Gasteiger partial charge in [0, 0.05) is 13.1 Å². The number of anilines is 1. The van der Waals surface area contributed by atoms with Gasteiger partial charge in [0.05, 0.1) is 13.2 Å². The van der Waals surface area contributed by atoms with Crippen LogP contribution in [0.1, 0.15) is 24.5 Å². The summed E-state index contributed by atoms with van der Waals surface area (Å²) >= 11 is 0.906. The molecule has 0 spiro atoms. The Kier molecular flexibility index (Phi) is 4.64. The zero-order chi connectivity index (χ0) is 16.5. The van der Waals surface area contributed by atoms with E-state index in [-0.39, 0.29) is 10.7 Å². The Balaban J connectivity index is 2.46. The monoisotopic (exact) mass is 338 g/mol. The van der Waals surface area contributed by atoms with Crippen LogP contribution in [0.2, 0.25) is 0 Å². The zero-order valence-corrected chi connectivity index (χ0v) is 13.0. The van der Waals surface area contributed by atoms with Crippen LogP contribution in [0.4, 0.5) is 18.2 Å². The maximum atomic E-state index is 13.2. The summed E-state index contributed by atoms with van der Waals surface area (Å²) in [6.07, 6.45) is -4.45. The number of halogens is 3. The normalized spacial score (nSPS) is 16.7. The Morgan fingerprint density at radius 1 is 1.36 bits per heavy atom. The van der Waals surface area contributed by atoms with Gasteiger partial charge in [-0.25, -0.2) is 4.98 Å². The maximum absolute atomic E-state index is 13.2. The van der Waals surface area contributed by atoms with Gasteiger partial charge in [-0.1, -0.05) is 11.3 Å². The van der Waals surface area contributed by atoms with E-state index in [1.54, 1.807) is 0 Å². The van der Waals surface area contributed by atoms with E-state index in [0.717, 1.165) is 25.2 Å². The van der Waals surface area contributed by atoms with Gasteiger partial charge in [-0.05, 0) is 13.8 Å². The molecule has 3 N–H and O–H groups in total. The van der Waals surface area contributed by atoms with E-state index in [1.165, 1.54) is 0 Å². The molecule has 0 aliphatic carbocycles. The number of rotatable bonds is 3. The molecular weight excluding hydrogens is 321 g/mol. The third-order valence-electron chi connectivity index (χ3n) is 3.48. The molecule has 0 saturated carbocycles. The van der Waals surface area contributed by atoms with Crippen molar-refractivity contribution in [2.24, 2.45) is 5.90 Å². The molecule has 6 nitrogen and oxygen atoms in total. The first-order valence-corrected chi connectivity index (χ1v) is 7.36. The number of aromatic nitrogens is 1. The average Bonchev–Trinajstić information content (AvgIpc) is 2.92. The smallest absolute Gasteiger partial charge is 0.389 e. The van der Waals surface area contributed by atoms with Crippen molar-refractivity contribution in [1.29, 1.82) is 5.41 Å². The highest BCUT2D eigenvalue weighted by atomic mass is 32.1. The quantitative estimate of drug-likeness (QED) is 0.500. The first kappa shape index (κ1) is 17.0. The highest BCUT2D eigenvalue weighted by Gasteiger charge is 2.51. The predicted octanol–water partition coefficient (Wildman–Crippen LogP) is 2.04. The topological polar surface area (TPSA) is 84.5 Å². The van der Waals surface area contributed by atoms with Crippen LogP contribution in [0, 0.1) is 5.41 Å². The molecule has 2 rings (SSSR count). The van der Waals surface area contributed by atoms with Crippen LogP contribution in [0.5, 0.6) is 0 Å². The molecule has 0 aromatic carbocycles.